The van der Waals surface area contributed by atoms with E-state index in [9.17, 15) is 18.0 Å². The van der Waals surface area contributed by atoms with Crippen molar-refractivity contribution in [2.75, 3.05) is 12.8 Å². The zero-order valence-corrected chi connectivity index (χ0v) is 12.3. The average molecular weight is 299 g/mol. The number of aliphatic carboxylic acids is 1. The maximum absolute atomic E-state index is 12.0. The summed E-state index contributed by atoms with van der Waals surface area (Å²) < 4.78 is 23.3. The summed E-state index contributed by atoms with van der Waals surface area (Å²) in [6, 6.07) is 4.52. The van der Waals surface area contributed by atoms with E-state index in [1.54, 1.807) is 0 Å². The molecule has 0 heterocycles. The Morgan fingerprint density at radius 3 is 2.15 bits per heavy atom. The lowest BCUT2D eigenvalue weighted by Gasteiger charge is -2.21. The molecule has 6 nitrogen and oxygen atoms in total. The number of carbonyl (C=O) groups excluding carboxylic acids is 1. The minimum Gasteiger partial charge on any atom is -0.480 e. The van der Waals surface area contributed by atoms with Crippen LogP contribution in [0.4, 0.5) is 0 Å². The third-order valence-electron chi connectivity index (χ3n) is 3.10. The van der Waals surface area contributed by atoms with Crippen LogP contribution in [0.15, 0.2) is 29.2 Å². The number of likely N-dealkylation sites (N-methyl/N-ethyl adjacent to an activating group) is 1. The number of carbonyl (C=O) groups is 2. The molecule has 0 radical (unpaired) electrons. The lowest BCUT2D eigenvalue weighted by atomic mass is 10.2. The second-order valence-corrected chi connectivity index (χ2v) is 6.64. The average Bonchev–Trinajstić information content (AvgIpc) is 2.44. The molecule has 0 aromatic heterocycles. The fourth-order valence-electron chi connectivity index (χ4n) is 1.52. The molecule has 1 N–H and O–H groups in total. The van der Waals surface area contributed by atoms with E-state index in [0.717, 1.165) is 4.90 Å². The van der Waals surface area contributed by atoms with E-state index in [-0.39, 0.29) is 16.2 Å². The highest BCUT2D eigenvalue weighted by Gasteiger charge is 2.23. The topological polar surface area (TPSA) is 91.8 Å². The number of nitrogens with zero attached hydrogens (tertiary/aromatic N) is 1. The maximum atomic E-state index is 12.0. The summed E-state index contributed by atoms with van der Waals surface area (Å²) in [5.41, 5.74) is 0.246. The number of carboxylic acid groups (broad SMARTS) is 1. The van der Waals surface area contributed by atoms with Gasteiger partial charge in [0, 0.05) is 12.6 Å². The van der Waals surface area contributed by atoms with Crippen LogP contribution in [0.3, 0.4) is 0 Å². The van der Waals surface area contributed by atoms with Crippen LogP contribution in [0.1, 0.15) is 24.2 Å². The number of amides is 1. The Bertz CT molecular complexity index is 606. The summed E-state index contributed by atoms with van der Waals surface area (Å²) >= 11 is 0. The highest BCUT2D eigenvalue weighted by Crippen LogP contribution is 2.14. The highest BCUT2D eigenvalue weighted by molar-refractivity contribution is 7.91. The Morgan fingerprint density at radius 2 is 1.75 bits per heavy atom. The summed E-state index contributed by atoms with van der Waals surface area (Å²) in [5.74, 6) is -1.60. The number of benzene rings is 1. The van der Waals surface area contributed by atoms with E-state index in [2.05, 4.69) is 0 Å². The number of hydrogen-bond acceptors (Lipinski definition) is 4. The molecule has 20 heavy (non-hydrogen) atoms. The summed E-state index contributed by atoms with van der Waals surface area (Å²) in [5, 5.41) is 8.86. The van der Waals surface area contributed by atoms with E-state index < -0.39 is 27.8 Å². The predicted octanol–water partition coefficient (Wildman–Crippen LogP) is 1.03. The van der Waals surface area contributed by atoms with E-state index in [0.29, 0.717) is 0 Å². The Hall–Kier alpha value is -1.89. The standard InChI is InChI=1S/C13H17NO5S/c1-4-20(18,19)11-7-5-10(6-8-11)12(15)14(3)9(2)13(16)17/h5-9H,4H2,1-3H3,(H,16,17). The van der Waals surface area contributed by atoms with Crippen molar-refractivity contribution in [3.63, 3.8) is 0 Å². The lowest BCUT2D eigenvalue weighted by molar-refractivity contribution is -0.141. The first-order valence-corrected chi connectivity index (χ1v) is 7.68. The summed E-state index contributed by atoms with van der Waals surface area (Å²) in [6.45, 7) is 2.94. The van der Waals surface area contributed by atoms with Crippen LogP contribution >= 0.6 is 0 Å². The van der Waals surface area contributed by atoms with E-state index in [1.165, 1.54) is 45.2 Å². The van der Waals surface area contributed by atoms with Crippen LogP contribution in [0, 0.1) is 0 Å². The normalized spacial score (nSPS) is 12.8. The molecule has 1 atom stereocenters. The van der Waals surface area contributed by atoms with Crippen LogP contribution in [-0.4, -0.2) is 49.1 Å². The molecule has 1 rings (SSSR count). The number of hydrogen-bond donors (Lipinski definition) is 1. The molecule has 1 amide bonds. The summed E-state index contributed by atoms with van der Waals surface area (Å²) in [7, 11) is -1.92. The van der Waals surface area contributed by atoms with Gasteiger partial charge in [-0.15, -0.1) is 0 Å². The largest absolute Gasteiger partial charge is 0.480 e. The van der Waals surface area contributed by atoms with Gasteiger partial charge in [0.2, 0.25) is 0 Å². The van der Waals surface area contributed by atoms with Gasteiger partial charge in [-0.2, -0.15) is 0 Å². The van der Waals surface area contributed by atoms with Crippen molar-refractivity contribution in [2.45, 2.75) is 24.8 Å². The molecule has 7 heteroatoms. The first-order valence-electron chi connectivity index (χ1n) is 6.03. The molecule has 0 saturated carbocycles. The molecule has 1 aromatic rings. The van der Waals surface area contributed by atoms with Gasteiger partial charge in [0.25, 0.3) is 5.91 Å². The van der Waals surface area contributed by atoms with E-state index in [1.807, 2.05) is 0 Å². The van der Waals surface area contributed by atoms with Crippen molar-refractivity contribution in [3.05, 3.63) is 29.8 Å². The highest BCUT2D eigenvalue weighted by atomic mass is 32.2. The monoisotopic (exact) mass is 299 g/mol. The van der Waals surface area contributed by atoms with Crippen LogP contribution in [0.25, 0.3) is 0 Å². The molecule has 0 bridgehead atoms. The third-order valence-corrected chi connectivity index (χ3v) is 4.85. The lowest BCUT2D eigenvalue weighted by Crippen LogP contribution is -2.40. The minimum absolute atomic E-state index is 0.0176. The van der Waals surface area contributed by atoms with Crippen LogP contribution in [0.2, 0.25) is 0 Å². The SMILES string of the molecule is CCS(=O)(=O)c1ccc(C(=O)N(C)C(C)C(=O)O)cc1. The van der Waals surface area contributed by atoms with Crippen molar-refractivity contribution >= 4 is 21.7 Å². The Labute approximate surface area is 117 Å². The molecule has 0 aliphatic rings. The molecule has 0 fully saturated rings. The van der Waals surface area contributed by atoms with Crippen molar-refractivity contribution in [1.29, 1.82) is 0 Å². The predicted molar refractivity (Wildman–Crippen MR) is 73.4 cm³/mol. The minimum atomic E-state index is -3.31. The molecule has 1 aromatic carbocycles. The zero-order chi connectivity index (χ0) is 15.5. The van der Waals surface area contributed by atoms with Crippen LogP contribution in [-0.2, 0) is 14.6 Å². The Kier molecular flexibility index (Phi) is 4.88. The Balaban J connectivity index is 3.00. The second kappa shape index (κ2) is 6.04. The first kappa shape index (κ1) is 16.2. The van der Waals surface area contributed by atoms with Gasteiger partial charge >= 0.3 is 5.97 Å². The number of carboxylic acids is 1. The quantitative estimate of drug-likeness (QED) is 0.876. The molecular weight excluding hydrogens is 282 g/mol. The van der Waals surface area contributed by atoms with Gasteiger partial charge < -0.3 is 10.0 Å². The van der Waals surface area contributed by atoms with Crippen molar-refractivity contribution in [3.8, 4) is 0 Å². The molecule has 0 spiro atoms. The zero-order valence-electron chi connectivity index (χ0n) is 11.5. The number of rotatable bonds is 5. The van der Waals surface area contributed by atoms with E-state index >= 15 is 0 Å². The summed E-state index contributed by atoms with van der Waals surface area (Å²) in [4.78, 5) is 24.1. The van der Waals surface area contributed by atoms with Gasteiger partial charge in [-0.25, -0.2) is 13.2 Å². The van der Waals surface area contributed by atoms with E-state index in [4.69, 9.17) is 5.11 Å². The Morgan fingerprint density at radius 1 is 1.25 bits per heavy atom. The molecule has 1 unspecified atom stereocenters. The maximum Gasteiger partial charge on any atom is 0.326 e. The van der Waals surface area contributed by atoms with Gasteiger partial charge in [0.1, 0.15) is 6.04 Å². The van der Waals surface area contributed by atoms with Crippen LogP contribution in [0.5, 0.6) is 0 Å². The van der Waals surface area contributed by atoms with Crippen molar-refractivity contribution in [1.82, 2.24) is 4.90 Å². The molecule has 110 valence electrons. The fourth-order valence-corrected chi connectivity index (χ4v) is 2.40. The van der Waals surface area contributed by atoms with Gasteiger partial charge in [-0.3, -0.25) is 4.79 Å². The molecular formula is C13H17NO5S. The molecule has 0 aliphatic heterocycles. The summed E-state index contributed by atoms with van der Waals surface area (Å²) in [6.07, 6.45) is 0. The first-order chi connectivity index (χ1) is 9.20. The van der Waals surface area contributed by atoms with Crippen molar-refractivity contribution in [2.24, 2.45) is 0 Å². The van der Waals surface area contributed by atoms with Gasteiger partial charge in [-0.1, -0.05) is 6.92 Å². The van der Waals surface area contributed by atoms with Gasteiger partial charge in [0.15, 0.2) is 9.84 Å². The smallest absolute Gasteiger partial charge is 0.326 e. The molecule has 0 aliphatic carbocycles. The second-order valence-electron chi connectivity index (χ2n) is 4.36. The van der Waals surface area contributed by atoms with Gasteiger partial charge in [-0.05, 0) is 31.2 Å². The van der Waals surface area contributed by atoms with Gasteiger partial charge in [0.05, 0.1) is 10.6 Å². The van der Waals surface area contributed by atoms with Crippen LogP contribution < -0.4 is 0 Å². The van der Waals surface area contributed by atoms with Crippen molar-refractivity contribution < 1.29 is 23.1 Å². The molecule has 0 saturated heterocycles. The number of sulfone groups is 1. The third kappa shape index (κ3) is 3.36. The fraction of sp³-hybridized carbons (Fsp3) is 0.385.